The molecule has 2 radical (unpaired) electrons. The number of halogens is 1. The lowest BCUT2D eigenvalue weighted by molar-refractivity contribution is 0.669. The molecular weight excluding hydrogens is 206 g/mol. The molecule has 0 atom stereocenters. The minimum absolute atomic E-state index is 0.702. The highest BCUT2D eigenvalue weighted by atomic mass is 35.5. The van der Waals surface area contributed by atoms with Crippen molar-refractivity contribution < 1.29 is 4.42 Å². The van der Waals surface area contributed by atoms with Gasteiger partial charge in [0.1, 0.15) is 19.0 Å². The van der Waals surface area contributed by atoms with Gasteiger partial charge in [-0.2, -0.15) is 0 Å². The zero-order chi connectivity index (χ0) is 10.4. The molecule has 70 valence electrons. The Kier molecular flexibility index (Phi) is 1.80. The van der Waals surface area contributed by atoms with Crippen molar-refractivity contribution in [3.63, 3.8) is 0 Å². The Morgan fingerprint density at radius 2 is 1.80 bits per heavy atom. The van der Waals surface area contributed by atoms with Crippen LogP contribution in [0.15, 0.2) is 40.8 Å². The molecule has 0 unspecified atom stereocenters. The van der Waals surface area contributed by atoms with E-state index in [-0.39, 0.29) is 0 Å². The van der Waals surface area contributed by atoms with Crippen LogP contribution in [-0.4, -0.2) is 7.85 Å². The first kappa shape index (κ1) is 8.87. The maximum atomic E-state index is 5.94. The van der Waals surface area contributed by atoms with Crippen LogP contribution in [0, 0.1) is 0 Å². The van der Waals surface area contributed by atoms with Crippen molar-refractivity contribution in [3.05, 3.63) is 41.4 Å². The molecule has 0 saturated carbocycles. The molecule has 0 amide bonds. The fourth-order valence-electron chi connectivity index (χ4n) is 1.77. The van der Waals surface area contributed by atoms with Crippen LogP contribution >= 0.6 is 11.6 Å². The maximum absolute atomic E-state index is 5.94. The van der Waals surface area contributed by atoms with Gasteiger partial charge in [0, 0.05) is 15.8 Å². The van der Waals surface area contributed by atoms with Crippen molar-refractivity contribution >= 4 is 46.8 Å². The highest BCUT2D eigenvalue weighted by Crippen LogP contribution is 2.29. The molecule has 1 nitrogen and oxygen atoms in total. The average molecular weight is 212 g/mol. The van der Waals surface area contributed by atoms with Gasteiger partial charge >= 0.3 is 0 Å². The van der Waals surface area contributed by atoms with Crippen LogP contribution in [0.4, 0.5) is 0 Å². The van der Waals surface area contributed by atoms with Gasteiger partial charge < -0.3 is 4.42 Å². The highest BCUT2D eigenvalue weighted by molar-refractivity contribution is 6.34. The quantitative estimate of drug-likeness (QED) is 0.522. The van der Waals surface area contributed by atoms with Crippen molar-refractivity contribution in [1.29, 1.82) is 0 Å². The molecule has 3 heteroatoms. The number of hydrogen-bond donors (Lipinski definition) is 0. The standard InChI is InChI=1S/C12H6BClO/c13-7-1-3-9-10-6-8(14)2-4-11(10)15-12(9)5-7/h1-6H. The summed E-state index contributed by atoms with van der Waals surface area (Å²) in [5, 5.41) is 2.78. The van der Waals surface area contributed by atoms with E-state index < -0.39 is 0 Å². The Labute approximate surface area is 93.0 Å². The first-order valence-corrected chi connectivity index (χ1v) is 4.99. The molecule has 3 rings (SSSR count). The lowest BCUT2D eigenvalue weighted by Crippen LogP contribution is -1.98. The van der Waals surface area contributed by atoms with E-state index in [1.807, 2.05) is 36.4 Å². The summed E-state index contributed by atoms with van der Waals surface area (Å²) in [4.78, 5) is 0. The van der Waals surface area contributed by atoms with Gasteiger partial charge in [-0.1, -0.05) is 29.2 Å². The third-order valence-corrected chi connectivity index (χ3v) is 2.69. The fraction of sp³-hybridized carbons (Fsp3) is 0. The third kappa shape index (κ3) is 1.33. The van der Waals surface area contributed by atoms with E-state index in [1.54, 1.807) is 0 Å². The molecule has 0 bridgehead atoms. The van der Waals surface area contributed by atoms with Crippen LogP contribution in [0.3, 0.4) is 0 Å². The number of hydrogen-bond acceptors (Lipinski definition) is 1. The minimum atomic E-state index is 0.702. The first-order valence-electron chi connectivity index (χ1n) is 4.61. The normalized spacial score (nSPS) is 11.3. The summed E-state index contributed by atoms with van der Waals surface area (Å²) >= 11 is 5.94. The average Bonchev–Trinajstić information content (AvgIpc) is 2.54. The molecule has 0 aliphatic heterocycles. The van der Waals surface area contributed by atoms with E-state index in [9.17, 15) is 0 Å². The minimum Gasteiger partial charge on any atom is -0.456 e. The molecule has 0 aliphatic rings. The Balaban J connectivity index is 2.53. The third-order valence-electron chi connectivity index (χ3n) is 2.46. The Morgan fingerprint density at radius 1 is 0.933 bits per heavy atom. The van der Waals surface area contributed by atoms with Crippen LogP contribution in [0.25, 0.3) is 21.9 Å². The number of fused-ring (bicyclic) bond motifs is 3. The molecule has 1 aromatic heterocycles. The molecule has 0 fully saturated rings. The van der Waals surface area contributed by atoms with Gasteiger partial charge in [-0.25, -0.2) is 0 Å². The van der Waals surface area contributed by atoms with Crippen molar-refractivity contribution in [3.8, 4) is 0 Å². The van der Waals surface area contributed by atoms with E-state index in [4.69, 9.17) is 23.9 Å². The largest absolute Gasteiger partial charge is 0.456 e. The fourth-order valence-corrected chi connectivity index (χ4v) is 1.94. The smallest absolute Gasteiger partial charge is 0.135 e. The molecule has 0 aliphatic carbocycles. The maximum Gasteiger partial charge on any atom is 0.135 e. The second-order valence-electron chi connectivity index (χ2n) is 3.50. The summed E-state index contributed by atoms with van der Waals surface area (Å²) in [5.41, 5.74) is 2.33. The first-order chi connectivity index (χ1) is 7.24. The lowest BCUT2D eigenvalue weighted by Gasteiger charge is -1.91. The van der Waals surface area contributed by atoms with Gasteiger partial charge in [0.25, 0.3) is 0 Å². The summed E-state index contributed by atoms with van der Waals surface area (Å²) in [7, 11) is 5.69. The van der Waals surface area contributed by atoms with E-state index in [1.165, 1.54) is 0 Å². The Morgan fingerprint density at radius 3 is 2.67 bits per heavy atom. The summed E-state index contributed by atoms with van der Waals surface area (Å²) in [6.07, 6.45) is 0. The van der Waals surface area contributed by atoms with Crippen LogP contribution in [-0.2, 0) is 0 Å². The summed E-state index contributed by atoms with van der Waals surface area (Å²) in [5.74, 6) is 0. The van der Waals surface area contributed by atoms with Gasteiger partial charge in [-0.3, -0.25) is 0 Å². The van der Waals surface area contributed by atoms with Gasteiger partial charge in [0.15, 0.2) is 0 Å². The molecule has 15 heavy (non-hydrogen) atoms. The Hall–Kier alpha value is -1.41. The van der Waals surface area contributed by atoms with Crippen molar-refractivity contribution in [1.82, 2.24) is 0 Å². The van der Waals surface area contributed by atoms with Crippen LogP contribution < -0.4 is 5.46 Å². The predicted octanol–water partition coefficient (Wildman–Crippen LogP) is 3.03. The zero-order valence-electron chi connectivity index (χ0n) is 7.83. The molecule has 2 aromatic carbocycles. The number of rotatable bonds is 0. The van der Waals surface area contributed by atoms with Crippen molar-refractivity contribution in [2.75, 3.05) is 0 Å². The molecule has 1 heterocycles. The molecule has 0 N–H and O–H groups in total. The van der Waals surface area contributed by atoms with Gasteiger partial charge in [0.2, 0.25) is 0 Å². The number of furan rings is 1. The molecule has 3 aromatic rings. The van der Waals surface area contributed by atoms with Crippen LogP contribution in [0.2, 0.25) is 5.02 Å². The molecule has 0 spiro atoms. The second kappa shape index (κ2) is 3.04. The van der Waals surface area contributed by atoms with Crippen LogP contribution in [0.5, 0.6) is 0 Å². The lowest BCUT2D eigenvalue weighted by atomic mass is 9.95. The van der Waals surface area contributed by atoms with Crippen molar-refractivity contribution in [2.24, 2.45) is 0 Å². The van der Waals surface area contributed by atoms with E-state index in [2.05, 4.69) is 0 Å². The Bertz CT molecular complexity index is 657. The molecular formula is C12H6BClO. The summed E-state index contributed by atoms with van der Waals surface area (Å²) in [6, 6.07) is 11.2. The van der Waals surface area contributed by atoms with Gasteiger partial charge in [-0.05, 0) is 24.3 Å². The topological polar surface area (TPSA) is 13.1 Å². The van der Waals surface area contributed by atoms with E-state index in [0.29, 0.717) is 10.5 Å². The van der Waals surface area contributed by atoms with Crippen LogP contribution in [0.1, 0.15) is 0 Å². The zero-order valence-corrected chi connectivity index (χ0v) is 8.58. The summed E-state index contributed by atoms with van der Waals surface area (Å²) < 4.78 is 5.65. The monoisotopic (exact) mass is 212 g/mol. The van der Waals surface area contributed by atoms with Gasteiger partial charge in [-0.15, -0.1) is 0 Å². The van der Waals surface area contributed by atoms with Gasteiger partial charge in [0.05, 0.1) is 0 Å². The van der Waals surface area contributed by atoms with E-state index >= 15 is 0 Å². The van der Waals surface area contributed by atoms with E-state index in [0.717, 1.165) is 21.9 Å². The molecule has 0 saturated heterocycles. The summed E-state index contributed by atoms with van der Waals surface area (Å²) in [6.45, 7) is 0. The predicted molar refractivity (Wildman–Crippen MR) is 64.1 cm³/mol. The van der Waals surface area contributed by atoms with Crippen molar-refractivity contribution in [2.45, 2.75) is 0 Å². The highest BCUT2D eigenvalue weighted by Gasteiger charge is 2.06. The SMILES string of the molecule is [B]c1ccc2c(c1)oc1ccc(Cl)cc12. The number of benzene rings is 2. The second-order valence-corrected chi connectivity index (χ2v) is 3.93.